The van der Waals surface area contributed by atoms with E-state index in [2.05, 4.69) is 56.0 Å². The van der Waals surface area contributed by atoms with Gasteiger partial charge in [0.1, 0.15) is 5.76 Å². The molecule has 0 heterocycles. The summed E-state index contributed by atoms with van der Waals surface area (Å²) in [6, 6.07) is 12.9. The molecule has 18 heavy (non-hydrogen) atoms. The maximum Gasteiger partial charge on any atom is 0.111 e. The number of ether oxygens (including phenoxy) is 1. The van der Waals surface area contributed by atoms with E-state index >= 15 is 0 Å². The topological polar surface area (TPSA) is 9.23 Å². The van der Waals surface area contributed by atoms with E-state index in [9.17, 15) is 0 Å². The second-order valence-electron chi connectivity index (χ2n) is 4.26. The fourth-order valence-electron chi connectivity index (χ4n) is 2.02. The van der Waals surface area contributed by atoms with Crippen molar-refractivity contribution in [2.75, 3.05) is 7.11 Å². The average molecular weight is 238 g/mol. The summed E-state index contributed by atoms with van der Waals surface area (Å²) in [5.74, 6) is 0.671. The van der Waals surface area contributed by atoms with Gasteiger partial charge in [-0.1, -0.05) is 49.9 Å². The minimum Gasteiger partial charge on any atom is -0.497 e. The first-order chi connectivity index (χ1) is 8.74. The number of methoxy groups -OCH3 is 1. The van der Waals surface area contributed by atoms with Crippen molar-refractivity contribution in [3.05, 3.63) is 65.9 Å². The molecular formula is C17H18O. The van der Waals surface area contributed by atoms with E-state index in [1.54, 1.807) is 7.11 Å². The molecule has 0 aliphatic heterocycles. The second-order valence-corrected chi connectivity index (χ2v) is 4.26. The Bertz CT molecular complexity index is 594. The van der Waals surface area contributed by atoms with E-state index in [0.717, 1.165) is 6.42 Å². The third-order valence-electron chi connectivity index (χ3n) is 3.10. The Hall–Kier alpha value is -2.02. The van der Waals surface area contributed by atoms with Gasteiger partial charge in [0.2, 0.25) is 0 Å². The monoisotopic (exact) mass is 238 g/mol. The number of fused-ring (bicyclic) bond motifs is 1. The molecule has 0 aliphatic carbocycles. The van der Waals surface area contributed by atoms with Crippen molar-refractivity contribution in [3.8, 4) is 0 Å². The highest BCUT2D eigenvalue weighted by Gasteiger charge is 2.01. The van der Waals surface area contributed by atoms with E-state index in [1.165, 1.54) is 21.9 Å². The average Bonchev–Trinajstić information content (AvgIpc) is 2.43. The van der Waals surface area contributed by atoms with Crippen LogP contribution in [0.1, 0.15) is 18.1 Å². The fraction of sp³-hybridized carbons (Fsp3) is 0.176. The van der Waals surface area contributed by atoms with E-state index in [-0.39, 0.29) is 0 Å². The molecule has 0 atom stereocenters. The normalized spacial score (nSPS) is 11.0. The van der Waals surface area contributed by atoms with Crippen LogP contribution >= 0.6 is 0 Å². The number of benzene rings is 2. The first kappa shape index (κ1) is 12.4. The van der Waals surface area contributed by atoms with Crippen LogP contribution in [0.5, 0.6) is 0 Å². The van der Waals surface area contributed by atoms with Gasteiger partial charge in [-0.2, -0.15) is 0 Å². The number of hydrogen-bond acceptors (Lipinski definition) is 1. The van der Waals surface area contributed by atoms with E-state index in [1.807, 2.05) is 6.08 Å². The van der Waals surface area contributed by atoms with Gasteiger partial charge >= 0.3 is 0 Å². The number of rotatable bonds is 4. The summed E-state index contributed by atoms with van der Waals surface area (Å²) in [7, 11) is 1.63. The molecule has 2 rings (SSSR count). The van der Waals surface area contributed by atoms with Gasteiger partial charge in [-0.3, -0.25) is 0 Å². The lowest BCUT2D eigenvalue weighted by Gasteiger charge is -2.07. The number of hydrogen-bond donors (Lipinski definition) is 0. The van der Waals surface area contributed by atoms with Crippen molar-refractivity contribution < 1.29 is 4.74 Å². The van der Waals surface area contributed by atoms with Crippen LogP contribution < -0.4 is 0 Å². The van der Waals surface area contributed by atoms with Crippen LogP contribution in [-0.4, -0.2) is 7.11 Å². The third kappa shape index (κ3) is 2.62. The van der Waals surface area contributed by atoms with E-state index < -0.39 is 0 Å². The van der Waals surface area contributed by atoms with Crippen LogP contribution in [-0.2, 0) is 11.2 Å². The van der Waals surface area contributed by atoms with Crippen molar-refractivity contribution in [3.63, 3.8) is 0 Å². The zero-order valence-electron chi connectivity index (χ0n) is 10.9. The van der Waals surface area contributed by atoms with E-state index in [0.29, 0.717) is 5.76 Å². The van der Waals surface area contributed by atoms with Gasteiger partial charge in [0.25, 0.3) is 0 Å². The Morgan fingerprint density at radius 2 is 1.89 bits per heavy atom. The summed E-state index contributed by atoms with van der Waals surface area (Å²) in [5, 5.41) is 2.55. The predicted molar refractivity (Wildman–Crippen MR) is 78.5 cm³/mol. The van der Waals surface area contributed by atoms with Crippen molar-refractivity contribution in [2.24, 2.45) is 0 Å². The Kier molecular flexibility index (Phi) is 3.83. The Balaban J connectivity index is 2.48. The van der Waals surface area contributed by atoms with Crippen molar-refractivity contribution in [2.45, 2.75) is 13.3 Å². The quantitative estimate of drug-likeness (QED) is 0.560. The molecule has 0 fully saturated rings. The lowest BCUT2D eigenvalue weighted by Crippen LogP contribution is -1.88. The van der Waals surface area contributed by atoms with Gasteiger partial charge in [-0.05, 0) is 40.5 Å². The third-order valence-corrected chi connectivity index (χ3v) is 3.10. The summed E-state index contributed by atoms with van der Waals surface area (Å²) in [5.41, 5.74) is 2.57. The molecule has 92 valence electrons. The Labute approximate surface area is 108 Å². The lowest BCUT2D eigenvalue weighted by molar-refractivity contribution is 0.309. The zero-order chi connectivity index (χ0) is 13.0. The van der Waals surface area contributed by atoms with Gasteiger partial charge in [0.15, 0.2) is 0 Å². The molecule has 0 saturated carbocycles. The summed E-state index contributed by atoms with van der Waals surface area (Å²) in [4.78, 5) is 0. The molecule has 0 radical (unpaired) electrons. The molecule has 1 heteroatoms. The van der Waals surface area contributed by atoms with Gasteiger partial charge in [-0.25, -0.2) is 0 Å². The van der Waals surface area contributed by atoms with Crippen LogP contribution in [0.15, 0.2) is 54.8 Å². The van der Waals surface area contributed by atoms with Crippen LogP contribution in [0.25, 0.3) is 16.8 Å². The van der Waals surface area contributed by atoms with Gasteiger partial charge in [0, 0.05) is 0 Å². The first-order valence-corrected chi connectivity index (χ1v) is 6.17. The molecule has 0 spiro atoms. The largest absolute Gasteiger partial charge is 0.497 e. The molecule has 0 aliphatic rings. The van der Waals surface area contributed by atoms with Gasteiger partial charge < -0.3 is 4.74 Å². The highest BCUT2D eigenvalue weighted by atomic mass is 16.5. The summed E-state index contributed by atoms with van der Waals surface area (Å²) < 4.78 is 5.05. The van der Waals surface area contributed by atoms with Crippen LogP contribution in [0.2, 0.25) is 0 Å². The maximum atomic E-state index is 5.05. The van der Waals surface area contributed by atoms with Crippen LogP contribution in [0.4, 0.5) is 0 Å². The zero-order valence-corrected chi connectivity index (χ0v) is 10.9. The van der Waals surface area contributed by atoms with Crippen molar-refractivity contribution in [1.82, 2.24) is 0 Å². The number of allylic oxidation sites excluding steroid dienone is 1. The molecule has 2 aromatic carbocycles. The molecule has 2 aromatic rings. The fourth-order valence-corrected chi connectivity index (χ4v) is 2.02. The molecule has 0 N–H and O–H groups in total. The lowest BCUT2D eigenvalue weighted by atomic mass is 9.99. The molecule has 1 nitrogen and oxygen atoms in total. The number of aryl methyl sites for hydroxylation is 1. The minimum atomic E-state index is 0.671. The first-order valence-electron chi connectivity index (χ1n) is 6.17. The summed E-state index contributed by atoms with van der Waals surface area (Å²) in [6.07, 6.45) is 4.99. The minimum absolute atomic E-state index is 0.671. The van der Waals surface area contributed by atoms with Crippen molar-refractivity contribution in [1.29, 1.82) is 0 Å². The molecule has 0 saturated heterocycles. The maximum absolute atomic E-state index is 5.05. The molecule has 0 aromatic heterocycles. The second kappa shape index (κ2) is 5.54. The van der Waals surface area contributed by atoms with Crippen LogP contribution in [0, 0.1) is 0 Å². The smallest absolute Gasteiger partial charge is 0.111 e. The highest BCUT2D eigenvalue weighted by molar-refractivity contribution is 5.86. The molecular weight excluding hydrogens is 220 g/mol. The Morgan fingerprint density at radius 1 is 1.22 bits per heavy atom. The Morgan fingerprint density at radius 3 is 2.50 bits per heavy atom. The van der Waals surface area contributed by atoms with Crippen LogP contribution in [0.3, 0.4) is 0 Å². The SMILES string of the molecule is C=C(/C=C\c1cc2ccccc2cc1CC)OC. The molecule has 0 bridgehead atoms. The highest BCUT2D eigenvalue weighted by Crippen LogP contribution is 2.22. The summed E-state index contributed by atoms with van der Waals surface area (Å²) in [6.45, 7) is 5.97. The van der Waals surface area contributed by atoms with Crippen molar-refractivity contribution >= 4 is 16.8 Å². The van der Waals surface area contributed by atoms with E-state index in [4.69, 9.17) is 4.74 Å². The predicted octanol–water partition coefficient (Wildman–Crippen LogP) is 4.58. The molecule has 0 unspecified atom stereocenters. The summed E-state index contributed by atoms with van der Waals surface area (Å²) >= 11 is 0. The van der Waals surface area contributed by atoms with Gasteiger partial charge in [-0.15, -0.1) is 0 Å². The van der Waals surface area contributed by atoms with Gasteiger partial charge in [0.05, 0.1) is 7.11 Å². The standard InChI is InChI=1S/C17H18O/c1-4-14-11-15-7-5-6-8-16(15)12-17(14)10-9-13(2)18-3/h5-12H,2,4H2,1,3H3/b10-9-. The molecule has 0 amide bonds.